The van der Waals surface area contributed by atoms with E-state index in [1.807, 2.05) is 23.5 Å². The summed E-state index contributed by atoms with van der Waals surface area (Å²) in [7, 11) is 0. The fraction of sp³-hybridized carbons (Fsp3) is 0.833. The van der Waals surface area contributed by atoms with Crippen LogP contribution in [-0.4, -0.2) is 32.8 Å². The van der Waals surface area contributed by atoms with Crippen molar-refractivity contribution in [2.75, 3.05) is 11.6 Å². The average Bonchev–Trinajstić information content (AvgIpc) is 2.28. The zero-order chi connectivity index (χ0) is 7.90. The van der Waals surface area contributed by atoms with E-state index in [9.17, 15) is 4.79 Å². The van der Waals surface area contributed by atoms with Crippen molar-refractivity contribution >= 4 is 29.5 Å². The van der Waals surface area contributed by atoms with E-state index >= 15 is 0 Å². The highest BCUT2D eigenvalue weighted by Crippen LogP contribution is 2.54. The van der Waals surface area contributed by atoms with E-state index in [0.29, 0.717) is 0 Å². The van der Waals surface area contributed by atoms with Crippen LogP contribution in [0, 0.1) is 0 Å². The lowest BCUT2D eigenvalue weighted by atomic mass is 10.2. The summed E-state index contributed by atoms with van der Waals surface area (Å²) in [6.45, 7) is 0.847. The van der Waals surface area contributed by atoms with Gasteiger partial charge in [0.25, 0.3) is 0 Å². The minimum atomic E-state index is -0.713. The van der Waals surface area contributed by atoms with Crippen molar-refractivity contribution < 1.29 is 9.90 Å². The fourth-order valence-electron chi connectivity index (χ4n) is 1.35. The van der Waals surface area contributed by atoms with Gasteiger partial charge in [-0.25, -0.2) is 0 Å². The molecule has 1 atom stereocenters. The Morgan fingerprint density at radius 3 is 2.64 bits per heavy atom. The molecule has 0 aromatic heterocycles. The maximum atomic E-state index is 10.5. The van der Waals surface area contributed by atoms with Crippen molar-refractivity contribution in [3.05, 3.63) is 0 Å². The summed E-state index contributed by atoms with van der Waals surface area (Å²) >= 11 is 3.75. The molecule has 0 aromatic carbocycles. The molecule has 0 unspecified atom stereocenters. The first-order valence-corrected chi connectivity index (χ1v) is 5.43. The van der Waals surface area contributed by atoms with Crippen molar-refractivity contribution in [2.24, 2.45) is 0 Å². The molecule has 0 radical (unpaired) electrons. The normalized spacial score (nSPS) is 33.6. The van der Waals surface area contributed by atoms with Gasteiger partial charge in [0, 0.05) is 11.6 Å². The highest BCUT2D eigenvalue weighted by atomic mass is 32.3. The summed E-state index contributed by atoms with van der Waals surface area (Å²) in [6.07, 6.45) is 0.775. The molecule has 1 spiro atoms. The van der Waals surface area contributed by atoms with Crippen LogP contribution >= 0.6 is 23.5 Å². The lowest BCUT2D eigenvalue weighted by Gasteiger charge is -2.35. The second kappa shape index (κ2) is 2.57. The summed E-state index contributed by atoms with van der Waals surface area (Å²) in [6, 6.07) is -0.310. The van der Waals surface area contributed by atoms with E-state index in [2.05, 4.69) is 5.32 Å². The third-order valence-corrected chi connectivity index (χ3v) is 5.40. The number of carboxylic acid groups (broad SMARTS) is 1. The molecule has 62 valence electrons. The first-order chi connectivity index (χ1) is 5.22. The number of carbonyl (C=O) groups is 1. The summed E-state index contributed by atoms with van der Waals surface area (Å²) in [5.74, 6) is -0.713. The second-order valence-corrected chi connectivity index (χ2v) is 6.13. The maximum absolute atomic E-state index is 10.5. The number of nitrogens with one attached hydrogen (secondary N) is 1. The number of aliphatic carboxylic acids is 1. The summed E-state index contributed by atoms with van der Waals surface area (Å²) in [5.41, 5.74) is 0. The van der Waals surface area contributed by atoms with Crippen LogP contribution in [0.2, 0.25) is 0 Å². The molecule has 2 fully saturated rings. The van der Waals surface area contributed by atoms with E-state index in [-0.39, 0.29) is 10.1 Å². The first kappa shape index (κ1) is 7.76. The summed E-state index contributed by atoms with van der Waals surface area (Å²) in [5, 5.41) is 12.8. The molecule has 0 saturated carbocycles. The molecule has 0 bridgehead atoms. The summed E-state index contributed by atoms with van der Waals surface area (Å²) < 4.78 is 0.211. The quantitative estimate of drug-likeness (QED) is 0.634. The van der Waals surface area contributed by atoms with Crippen LogP contribution in [0.3, 0.4) is 0 Å². The third kappa shape index (κ3) is 1.25. The van der Waals surface area contributed by atoms with Crippen molar-refractivity contribution in [1.29, 1.82) is 0 Å². The van der Waals surface area contributed by atoms with Gasteiger partial charge in [-0.3, -0.25) is 4.79 Å². The molecule has 2 N–H and O–H groups in total. The van der Waals surface area contributed by atoms with Gasteiger partial charge in [-0.1, -0.05) is 0 Å². The first-order valence-electron chi connectivity index (χ1n) is 3.46. The Hall–Kier alpha value is 0.130. The van der Waals surface area contributed by atoms with Gasteiger partial charge in [0.05, 0.1) is 4.08 Å². The van der Waals surface area contributed by atoms with Crippen LogP contribution < -0.4 is 5.32 Å². The predicted molar refractivity (Wildman–Crippen MR) is 46.8 cm³/mol. The number of hydrogen-bond acceptors (Lipinski definition) is 4. The van der Waals surface area contributed by atoms with Gasteiger partial charge in [0.1, 0.15) is 6.04 Å². The molecular formula is C6H9NO2S2. The summed E-state index contributed by atoms with van der Waals surface area (Å²) in [4.78, 5) is 10.5. The molecule has 2 heterocycles. The van der Waals surface area contributed by atoms with Crippen LogP contribution in [-0.2, 0) is 4.79 Å². The zero-order valence-corrected chi connectivity index (χ0v) is 7.50. The standard InChI is InChI=1S/C6H9NO2S2/c8-5(9)4-1-6(2-7-4)10-3-11-6/h4,7H,1-3H2,(H,8,9)/t4-/m0/s1. The second-order valence-electron chi connectivity index (χ2n) is 2.79. The number of carboxylic acids is 1. The fourth-order valence-corrected chi connectivity index (χ4v) is 4.10. The predicted octanol–water partition coefficient (Wildman–Crippen LogP) is 0.567. The molecule has 5 heteroatoms. The Kier molecular flexibility index (Phi) is 1.81. The van der Waals surface area contributed by atoms with Gasteiger partial charge >= 0.3 is 5.97 Å². The Labute approximate surface area is 73.3 Å². The monoisotopic (exact) mass is 191 g/mol. The van der Waals surface area contributed by atoms with Gasteiger partial charge in [-0.2, -0.15) is 0 Å². The van der Waals surface area contributed by atoms with Gasteiger partial charge in [0.15, 0.2) is 0 Å². The number of hydrogen-bond donors (Lipinski definition) is 2. The third-order valence-electron chi connectivity index (χ3n) is 2.07. The van der Waals surface area contributed by atoms with E-state index in [1.165, 1.54) is 0 Å². The van der Waals surface area contributed by atoms with Crippen LogP contribution in [0.25, 0.3) is 0 Å². The number of thioether (sulfide) groups is 2. The molecule has 3 nitrogen and oxygen atoms in total. The Balaban J connectivity index is 1.98. The van der Waals surface area contributed by atoms with Crippen LogP contribution in [0.1, 0.15) is 6.42 Å². The SMILES string of the molecule is O=C(O)[C@@H]1CC2(CN1)SCS2. The van der Waals surface area contributed by atoms with Crippen molar-refractivity contribution in [1.82, 2.24) is 5.32 Å². The van der Waals surface area contributed by atoms with Gasteiger partial charge in [-0.05, 0) is 6.42 Å². The molecule has 11 heavy (non-hydrogen) atoms. The smallest absolute Gasteiger partial charge is 0.320 e. The Bertz CT molecular complexity index is 193. The molecule has 2 saturated heterocycles. The maximum Gasteiger partial charge on any atom is 0.320 e. The van der Waals surface area contributed by atoms with Crippen LogP contribution in [0.4, 0.5) is 0 Å². The van der Waals surface area contributed by atoms with Gasteiger partial charge in [-0.15, -0.1) is 23.5 Å². The highest BCUT2D eigenvalue weighted by Gasteiger charge is 2.47. The van der Waals surface area contributed by atoms with Crippen molar-refractivity contribution in [3.8, 4) is 0 Å². The van der Waals surface area contributed by atoms with Gasteiger partial charge < -0.3 is 10.4 Å². The van der Waals surface area contributed by atoms with Crippen LogP contribution in [0.15, 0.2) is 0 Å². The highest BCUT2D eigenvalue weighted by molar-refractivity contribution is 8.33. The lowest BCUT2D eigenvalue weighted by Crippen LogP contribution is -2.30. The van der Waals surface area contributed by atoms with Crippen molar-refractivity contribution in [2.45, 2.75) is 16.5 Å². The van der Waals surface area contributed by atoms with E-state index < -0.39 is 5.97 Å². The van der Waals surface area contributed by atoms with Crippen LogP contribution in [0.5, 0.6) is 0 Å². The molecule has 2 aliphatic heterocycles. The topological polar surface area (TPSA) is 49.3 Å². The minimum Gasteiger partial charge on any atom is -0.480 e. The van der Waals surface area contributed by atoms with E-state index in [1.54, 1.807) is 0 Å². The average molecular weight is 191 g/mol. The van der Waals surface area contributed by atoms with Gasteiger partial charge in [0.2, 0.25) is 0 Å². The van der Waals surface area contributed by atoms with E-state index in [4.69, 9.17) is 5.11 Å². The van der Waals surface area contributed by atoms with Crippen molar-refractivity contribution in [3.63, 3.8) is 0 Å². The molecule has 2 rings (SSSR count). The Morgan fingerprint density at radius 1 is 1.64 bits per heavy atom. The largest absolute Gasteiger partial charge is 0.480 e. The lowest BCUT2D eigenvalue weighted by molar-refractivity contribution is -0.139. The van der Waals surface area contributed by atoms with E-state index in [0.717, 1.165) is 18.1 Å². The number of rotatable bonds is 1. The molecule has 2 aliphatic rings. The minimum absolute atomic E-state index is 0.211. The molecule has 0 aliphatic carbocycles. The molecule has 0 aromatic rings. The zero-order valence-electron chi connectivity index (χ0n) is 5.87. The molecule has 0 amide bonds. The molecular weight excluding hydrogens is 182 g/mol. The Morgan fingerprint density at radius 2 is 2.36 bits per heavy atom.